The van der Waals surface area contributed by atoms with Crippen molar-refractivity contribution in [3.8, 4) is 0 Å². The van der Waals surface area contributed by atoms with Gasteiger partial charge in [0.25, 0.3) is 0 Å². The largest absolute Gasteiger partial charge is 0.378 e. The van der Waals surface area contributed by atoms with E-state index in [4.69, 9.17) is 10.5 Å². The van der Waals surface area contributed by atoms with Crippen LogP contribution in [0.2, 0.25) is 0 Å². The topological polar surface area (TPSA) is 64.3 Å². The standard InChI is InChI=1S/C15H22N2O2/c16-10-12-4-1-2-5-13(12)11-17-15(18)8-7-14-6-3-9-19-14/h1-2,4-5,14H,3,6-11,16H2,(H,17,18). The van der Waals surface area contributed by atoms with Gasteiger partial charge in [0.15, 0.2) is 0 Å². The first-order valence-corrected chi connectivity index (χ1v) is 6.94. The molecule has 1 fully saturated rings. The molecule has 4 heteroatoms. The lowest BCUT2D eigenvalue weighted by atomic mass is 10.1. The number of benzene rings is 1. The van der Waals surface area contributed by atoms with Gasteiger partial charge in [-0.2, -0.15) is 0 Å². The molecule has 0 spiro atoms. The summed E-state index contributed by atoms with van der Waals surface area (Å²) in [7, 11) is 0. The van der Waals surface area contributed by atoms with Crippen molar-refractivity contribution in [3.63, 3.8) is 0 Å². The zero-order chi connectivity index (χ0) is 13.5. The quantitative estimate of drug-likeness (QED) is 0.820. The Balaban J connectivity index is 1.73. The molecule has 0 radical (unpaired) electrons. The van der Waals surface area contributed by atoms with E-state index in [-0.39, 0.29) is 12.0 Å². The van der Waals surface area contributed by atoms with Crippen molar-refractivity contribution >= 4 is 5.91 Å². The van der Waals surface area contributed by atoms with Crippen molar-refractivity contribution in [2.24, 2.45) is 5.73 Å². The van der Waals surface area contributed by atoms with Crippen LogP contribution in [0.3, 0.4) is 0 Å². The van der Waals surface area contributed by atoms with E-state index >= 15 is 0 Å². The molecular formula is C15H22N2O2. The Labute approximate surface area is 114 Å². The maximum atomic E-state index is 11.8. The number of carbonyl (C=O) groups is 1. The third kappa shape index (κ3) is 4.33. The maximum Gasteiger partial charge on any atom is 0.220 e. The molecule has 1 aliphatic heterocycles. The summed E-state index contributed by atoms with van der Waals surface area (Å²) in [4.78, 5) is 11.8. The Morgan fingerprint density at radius 3 is 2.84 bits per heavy atom. The highest BCUT2D eigenvalue weighted by atomic mass is 16.5. The number of rotatable bonds is 6. The molecule has 0 bridgehead atoms. The van der Waals surface area contributed by atoms with Crippen LogP contribution >= 0.6 is 0 Å². The molecule has 0 saturated carbocycles. The molecule has 19 heavy (non-hydrogen) atoms. The molecule has 0 aliphatic carbocycles. The first-order valence-electron chi connectivity index (χ1n) is 6.94. The first kappa shape index (κ1) is 14.0. The first-order chi connectivity index (χ1) is 9.29. The maximum absolute atomic E-state index is 11.8. The van der Waals surface area contributed by atoms with Gasteiger partial charge in [-0.05, 0) is 30.4 Å². The van der Waals surface area contributed by atoms with Crippen LogP contribution in [0.5, 0.6) is 0 Å². The number of nitrogens with two attached hydrogens (primary N) is 1. The summed E-state index contributed by atoms with van der Waals surface area (Å²) >= 11 is 0. The van der Waals surface area contributed by atoms with E-state index < -0.39 is 0 Å². The summed E-state index contributed by atoms with van der Waals surface area (Å²) in [5.41, 5.74) is 7.85. The van der Waals surface area contributed by atoms with Gasteiger partial charge in [0.1, 0.15) is 0 Å². The predicted octanol–water partition coefficient (Wildman–Crippen LogP) is 1.72. The number of carbonyl (C=O) groups excluding carboxylic acids is 1. The van der Waals surface area contributed by atoms with Crippen LogP contribution < -0.4 is 11.1 Å². The average molecular weight is 262 g/mol. The van der Waals surface area contributed by atoms with Crippen LogP contribution in [0.25, 0.3) is 0 Å². The second kappa shape index (κ2) is 7.26. The molecular weight excluding hydrogens is 240 g/mol. The van der Waals surface area contributed by atoms with Gasteiger partial charge >= 0.3 is 0 Å². The van der Waals surface area contributed by atoms with E-state index in [1.165, 1.54) is 0 Å². The lowest BCUT2D eigenvalue weighted by Gasteiger charge is -2.11. The number of amides is 1. The van der Waals surface area contributed by atoms with Gasteiger partial charge in [-0.25, -0.2) is 0 Å². The van der Waals surface area contributed by atoms with Gasteiger partial charge in [0.05, 0.1) is 6.10 Å². The summed E-state index contributed by atoms with van der Waals surface area (Å²) < 4.78 is 5.51. The van der Waals surface area contributed by atoms with Crippen molar-refractivity contribution in [2.75, 3.05) is 6.61 Å². The fraction of sp³-hybridized carbons (Fsp3) is 0.533. The van der Waals surface area contributed by atoms with Crippen molar-refractivity contribution in [1.29, 1.82) is 0 Å². The fourth-order valence-corrected chi connectivity index (χ4v) is 2.38. The lowest BCUT2D eigenvalue weighted by Crippen LogP contribution is -2.24. The number of nitrogens with one attached hydrogen (secondary N) is 1. The number of hydrogen-bond acceptors (Lipinski definition) is 3. The summed E-state index contributed by atoms with van der Waals surface area (Å²) in [5, 5.41) is 2.95. The van der Waals surface area contributed by atoms with Crippen LogP contribution in [0, 0.1) is 0 Å². The van der Waals surface area contributed by atoms with Crippen LogP contribution in [-0.4, -0.2) is 18.6 Å². The summed E-state index contributed by atoms with van der Waals surface area (Å²) in [5.74, 6) is 0.0855. The Kier molecular flexibility index (Phi) is 5.36. The van der Waals surface area contributed by atoms with Crippen molar-refractivity contribution in [3.05, 3.63) is 35.4 Å². The zero-order valence-electron chi connectivity index (χ0n) is 11.2. The van der Waals surface area contributed by atoms with Gasteiger partial charge in [-0.15, -0.1) is 0 Å². The van der Waals surface area contributed by atoms with Gasteiger partial charge in [-0.1, -0.05) is 24.3 Å². The SMILES string of the molecule is NCc1ccccc1CNC(=O)CCC1CCCO1. The molecule has 1 aromatic carbocycles. The Bertz CT molecular complexity index is 414. The number of hydrogen-bond donors (Lipinski definition) is 2. The molecule has 1 atom stereocenters. The molecule has 1 heterocycles. The molecule has 1 aromatic rings. The molecule has 4 nitrogen and oxygen atoms in total. The summed E-state index contributed by atoms with van der Waals surface area (Å²) in [6, 6.07) is 7.92. The smallest absolute Gasteiger partial charge is 0.220 e. The second-order valence-electron chi connectivity index (χ2n) is 4.92. The van der Waals surface area contributed by atoms with Gasteiger partial charge in [0, 0.05) is 26.1 Å². The Morgan fingerprint density at radius 2 is 2.16 bits per heavy atom. The third-order valence-electron chi connectivity index (χ3n) is 3.53. The fourth-order valence-electron chi connectivity index (χ4n) is 2.38. The van der Waals surface area contributed by atoms with E-state index in [1.54, 1.807) is 0 Å². The third-order valence-corrected chi connectivity index (χ3v) is 3.53. The van der Waals surface area contributed by atoms with E-state index in [2.05, 4.69) is 5.32 Å². The average Bonchev–Trinajstić information content (AvgIpc) is 2.96. The molecule has 1 saturated heterocycles. The van der Waals surface area contributed by atoms with Crippen LogP contribution in [0.15, 0.2) is 24.3 Å². The lowest BCUT2D eigenvalue weighted by molar-refractivity contribution is -0.121. The van der Waals surface area contributed by atoms with E-state index in [0.29, 0.717) is 19.5 Å². The monoisotopic (exact) mass is 262 g/mol. The molecule has 3 N–H and O–H groups in total. The van der Waals surface area contributed by atoms with Gasteiger partial charge in [-0.3, -0.25) is 4.79 Å². The summed E-state index contributed by atoms with van der Waals surface area (Å²) in [6.07, 6.45) is 3.85. The van der Waals surface area contributed by atoms with E-state index in [9.17, 15) is 4.79 Å². The van der Waals surface area contributed by atoms with Crippen molar-refractivity contribution in [1.82, 2.24) is 5.32 Å². The predicted molar refractivity (Wildman–Crippen MR) is 74.4 cm³/mol. The van der Waals surface area contributed by atoms with Crippen molar-refractivity contribution in [2.45, 2.75) is 44.9 Å². The Hall–Kier alpha value is -1.39. The molecule has 1 amide bonds. The molecule has 1 aliphatic rings. The van der Waals surface area contributed by atoms with Crippen LogP contribution in [0.4, 0.5) is 0 Å². The summed E-state index contributed by atoms with van der Waals surface area (Å²) in [6.45, 7) is 1.90. The molecule has 1 unspecified atom stereocenters. The normalized spacial score (nSPS) is 18.5. The van der Waals surface area contributed by atoms with Gasteiger partial charge < -0.3 is 15.8 Å². The van der Waals surface area contributed by atoms with Crippen LogP contribution in [-0.2, 0) is 22.6 Å². The molecule has 0 aromatic heterocycles. The minimum atomic E-state index is 0.0855. The van der Waals surface area contributed by atoms with Gasteiger partial charge in [0.2, 0.25) is 5.91 Å². The number of ether oxygens (including phenoxy) is 1. The molecule has 104 valence electrons. The highest BCUT2D eigenvalue weighted by Gasteiger charge is 2.16. The zero-order valence-corrected chi connectivity index (χ0v) is 11.2. The Morgan fingerprint density at radius 1 is 1.37 bits per heavy atom. The second-order valence-corrected chi connectivity index (χ2v) is 4.92. The van der Waals surface area contributed by atoms with E-state index in [1.807, 2.05) is 24.3 Å². The minimum absolute atomic E-state index is 0.0855. The van der Waals surface area contributed by atoms with E-state index in [0.717, 1.165) is 37.0 Å². The minimum Gasteiger partial charge on any atom is -0.378 e. The molecule has 2 rings (SSSR count). The highest BCUT2D eigenvalue weighted by Crippen LogP contribution is 2.16. The highest BCUT2D eigenvalue weighted by molar-refractivity contribution is 5.75. The van der Waals surface area contributed by atoms with Crippen molar-refractivity contribution < 1.29 is 9.53 Å². The van der Waals surface area contributed by atoms with Crippen LogP contribution in [0.1, 0.15) is 36.8 Å².